The Bertz CT molecular complexity index is 1310. The Labute approximate surface area is 188 Å². The lowest BCUT2D eigenvalue weighted by atomic mass is 10.3. The number of aromatic nitrogens is 7. The van der Waals surface area contributed by atoms with E-state index >= 15 is 0 Å². The molecule has 0 bridgehead atoms. The molecule has 0 unspecified atom stereocenters. The number of rotatable bonds is 10. The minimum atomic E-state index is -1.22. The van der Waals surface area contributed by atoms with Crippen molar-refractivity contribution in [2.75, 3.05) is 6.61 Å². The second kappa shape index (κ2) is 8.87. The highest BCUT2D eigenvalue weighted by Gasteiger charge is 2.22. The number of allylic oxidation sites excluding steroid dienone is 1. The fourth-order valence-electron chi connectivity index (χ4n) is 3.72. The van der Waals surface area contributed by atoms with Crippen molar-refractivity contribution in [3.05, 3.63) is 47.8 Å². The zero-order chi connectivity index (χ0) is 22.9. The molecule has 4 heterocycles. The average Bonchev–Trinajstić information content (AvgIpc) is 3.46. The van der Waals surface area contributed by atoms with Crippen molar-refractivity contribution in [3.63, 3.8) is 0 Å². The van der Waals surface area contributed by atoms with Crippen LogP contribution in [0.15, 0.2) is 42.2 Å². The molecule has 10 heteroatoms. The smallest absolute Gasteiger partial charge is 0.281 e. The van der Waals surface area contributed by atoms with Gasteiger partial charge >= 0.3 is 0 Å². The number of aryl methyl sites for hydroxylation is 1. The molecule has 9 nitrogen and oxygen atoms in total. The molecule has 0 aromatic carbocycles. The molecule has 0 aliphatic rings. The van der Waals surface area contributed by atoms with Gasteiger partial charge in [-0.2, -0.15) is 5.10 Å². The number of nitrogens with zero attached hydrogens (tertiary/aromatic N) is 7. The number of hydrogen-bond donors (Lipinski definition) is 0. The van der Waals surface area contributed by atoms with Crippen molar-refractivity contribution in [1.29, 1.82) is 0 Å². The Kier molecular flexibility index (Phi) is 6.16. The van der Waals surface area contributed by atoms with Crippen molar-refractivity contribution in [2.45, 2.75) is 58.9 Å². The number of ether oxygens (including phenoxy) is 1. The Hall–Kier alpha value is -2.98. The van der Waals surface area contributed by atoms with Crippen molar-refractivity contribution in [1.82, 2.24) is 33.3 Å². The fraction of sp³-hybridized carbons (Fsp3) is 0.455. The number of fused-ring (bicyclic) bond motifs is 3. The van der Waals surface area contributed by atoms with E-state index in [1.54, 1.807) is 27.7 Å². The van der Waals surface area contributed by atoms with E-state index in [-0.39, 0.29) is 12.3 Å². The monoisotopic (exact) mass is 453 g/mol. The molecule has 170 valence electrons. The Morgan fingerprint density at radius 3 is 2.78 bits per heavy atom. The maximum absolute atomic E-state index is 13.6. The molecule has 0 N–H and O–H groups in total. The summed E-state index contributed by atoms with van der Waals surface area (Å²) in [4.78, 5) is 22.8. The van der Waals surface area contributed by atoms with Crippen LogP contribution in [0.1, 0.15) is 13.3 Å². The standard InChI is InChI=1S/C22H31N7O2Si/c1-6-9-26-15-17(14-24-26)19-25-20-18(29(19)16-31-12-13-32(3,4)5)21(30)28(10-7-2)22-23-8-11-27(20)22/h6,8,11,14-15H,1,7,9-10,12-13,16H2,2-5H3. The van der Waals surface area contributed by atoms with E-state index in [1.807, 2.05) is 28.3 Å². The van der Waals surface area contributed by atoms with E-state index in [9.17, 15) is 4.79 Å². The van der Waals surface area contributed by atoms with Crippen LogP contribution < -0.4 is 5.56 Å². The number of hydrogen-bond acceptors (Lipinski definition) is 5. The van der Waals surface area contributed by atoms with Gasteiger partial charge in [-0.15, -0.1) is 6.58 Å². The largest absolute Gasteiger partial charge is 0.361 e. The van der Waals surface area contributed by atoms with E-state index in [0.717, 1.165) is 18.0 Å². The summed E-state index contributed by atoms with van der Waals surface area (Å²) in [5.41, 5.74) is 1.82. The second-order valence-corrected chi connectivity index (χ2v) is 14.8. The fourth-order valence-corrected chi connectivity index (χ4v) is 4.47. The summed E-state index contributed by atoms with van der Waals surface area (Å²) in [6.07, 6.45) is 9.84. The van der Waals surface area contributed by atoms with Crippen LogP contribution in [0.25, 0.3) is 28.3 Å². The van der Waals surface area contributed by atoms with Crippen molar-refractivity contribution in [3.8, 4) is 11.4 Å². The number of imidazole rings is 2. The van der Waals surface area contributed by atoms with Crippen LogP contribution >= 0.6 is 0 Å². The summed E-state index contributed by atoms with van der Waals surface area (Å²) >= 11 is 0. The zero-order valence-electron chi connectivity index (χ0n) is 19.3. The normalized spacial score (nSPS) is 12.2. The molecule has 0 saturated heterocycles. The van der Waals surface area contributed by atoms with Crippen LogP contribution in [0.4, 0.5) is 0 Å². The molecule has 0 radical (unpaired) electrons. The van der Waals surface area contributed by atoms with E-state index in [4.69, 9.17) is 9.72 Å². The van der Waals surface area contributed by atoms with E-state index < -0.39 is 8.07 Å². The van der Waals surface area contributed by atoms with Gasteiger partial charge in [-0.25, -0.2) is 9.97 Å². The van der Waals surface area contributed by atoms with Gasteiger partial charge in [0.1, 0.15) is 12.6 Å². The zero-order valence-corrected chi connectivity index (χ0v) is 20.3. The first-order valence-corrected chi connectivity index (χ1v) is 14.7. The molecule has 0 aliphatic heterocycles. The third kappa shape index (κ3) is 4.20. The van der Waals surface area contributed by atoms with Gasteiger partial charge in [-0.3, -0.25) is 23.0 Å². The van der Waals surface area contributed by atoms with Gasteiger partial charge in [-0.1, -0.05) is 32.6 Å². The molecule has 0 aliphatic carbocycles. The quantitative estimate of drug-likeness (QED) is 0.208. The summed E-state index contributed by atoms with van der Waals surface area (Å²) in [5, 5.41) is 4.40. The van der Waals surface area contributed by atoms with Gasteiger partial charge < -0.3 is 4.74 Å². The highest BCUT2D eigenvalue weighted by molar-refractivity contribution is 6.76. The molecule has 0 spiro atoms. The van der Waals surface area contributed by atoms with E-state index in [1.165, 1.54) is 0 Å². The molecular weight excluding hydrogens is 422 g/mol. The molecule has 0 saturated carbocycles. The van der Waals surface area contributed by atoms with E-state index in [0.29, 0.717) is 42.5 Å². The summed E-state index contributed by atoms with van der Waals surface area (Å²) in [7, 11) is -1.22. The maximum Gasteiger partial charge on any atom is 0.281 e. The molecule has 4 rings (SSSR count). The van der Waals surface area contributed by atoms with Crippen molar-refractivity contribution in [2.24, 2.45) is 0 Å². The van der Waals surface area contributed by atoms with Crippen LogP contribution in [-0.4, -0.2) is 48.0 Å². The van der Waals surface area contributed by atoms with Gasteiger partial charge in [0.25, 0.3) is 5.56 Å². The van der Waals surface area contributed by atoms with Gasteiger partial charge in [0.2, 0.25) is 5.78 Å². The summed E-state index contributed by atoms with van der Waals surface area (Å²) < 4.78 is 13.3. The van der Waals surface area contributed by atoms with Gasteiger partial charge in [0.15, 0.2) is 11.2 Å². The van der Waals surface area contributed by atoms with E-state index in [2.05, 4.69) is 36.3 Å². The van der Waals surface area contributed by atoms with Crippen molar-refractivity contribution >= 4 is 25.0 Å². The third-order valence-electron chi connectivity index (χ3n) is 5.36. The highest BCUT2D eigenvalue weighted by Crippen LogP contribution is 2.24. The van der Waals surface area contributed by atoms with Crippen LogP contribution in [0.2, 0.25) is 25.7 Å². The predicted octanol–water partition coefficient (Wildman–Crippen LogP) is 3.62. The molecular formula is C22H31N7O2Si. The third-order valence-corrected chi connectivity index (χ3v) is 7.06. The highest BCUT2D eigenvalue weighted by atomic mass is 28.3. The Morgan fingerprint density at radius 1 is 1.25 bits per heavy atom. The minimum absolute atomic E-state index is 0.105. The Balaban J connectivity index is 1.87. The van der Waals surface area contributed by atoms with Gasteiger partial charge in [-0.05, 0) is 12.5 Å². The SMILES string of the molecule is C=CCn1cc(-c2nc3c(c(=O)n(CCC)c4nccn34)n2COCC[Si](C)(C)C)cn1. The van der Waals surface area contributed by atoms with Gasteiger partial charge in [0, 0.05) is 39.8 Å². The lowest BCUT2D eigenvalue weighted by molar-refractivity contribution is 0.0908. The topological polar surface area (TPSA) is 84.2 Å². The molecule has 0 fully saturated rings. The Morgan fingerprint density at radius 2 is 2.06 bits per heavy atom. The maximum atomic E-state index is 13.6. The molecule has 0 atom stereocenters. The van der Waals surface area contributed by atoms with Crippen LogP contribution in [0.3, 0.4) is 0 Å². The first-order chi connectivity index (χ1) is 15.3. The molecule has 4 aromatic heterocycles. The first-order valence-electron chi connectivity index (χ1n) is 11.0. The van der Waals surface area contributed by atoms with Crippen LogP contribution in [0, 0.1) is 0 Å². The summed E-state index contributed by atoms with van der Waals surface area (Å²) in [6, 6.07) is 1.05. The van der Waals surface area contributed by atoms with Crippen LogP contribution in [0.5, 0.6) is 0 Å². The summed E-state index contributed by atoms with van der Waals surface area (Å²) in [6.45, 7) is 14.9. The average molecular weight is 454 g/mol. The molecule has 4 aromatic rings. The lowest BCUT2D eigenvalue weighted by Crippen LogP contribution is -2.25. The second-order valence-electron chi connectivity index (χ2n) is 9.18. The minimum Gasteiger partial charge on any atom is -0.361 e. The van der Waals surface area contributed by atoms with Crippen molar-refractivity contribution < 1.29 is 4.74 Å². The first kappa shape index (κ1) is 22.2. The predicted molar refractivity (Wildman–Crippen MR) is 129 cm³/mol. The lowest BCUT2D eigenvalue weighted by Gasteiger charge is -2.16. The molecule has 32 heavy (non-hydrogen) atoms. The molecule has 0 amide bonds. The van der Waals surface area contributed by atoms with Crippen LogP contribution in [-0.2, 0) is 24.6 Å². The van der Waals surface area contributed by atoms with Gasteiger partial charge in [0.05, 0.1) is 18.3 Å². The summed E-state index contributed by atoms with van der Waals surface area (Å²) in [5.74, 6) is 1.26.